The number of benzene rings is 2. The van der Waals surface area contributed by atoms with Crippen LogP contribution in [0.2, 0.25) is 0 Å². The third-order valence-electron chi connectivity index (χ3n) is 3.23. The third-order valence-corrected chi connectivity index (χ3v) is 3.23. The fourth-order valence-corrected chi connectivity index (χ4v) is 1.95. The van der Waals surface area contributed by atoms with Crippen LogP contribution in [0.5, 0.6) is 17.2 Å². The number of rotatable bonds is 5. The maximum Gasteiger partial charge on any atom is 0.208 e. The first-order chi connectivity index (χ1) is 11.1. The Balaban J connectivity index is 1.96. The molecule has 0 amide bonds. The topological polar surface area (TPSA) is 82.3 Å². The van der Waals surface area contributed by atoms with Crippen molar-refractivity contribution in [2.75, 3.05) is 13.7 Å². The summed E-state index contributed by atoms with van der Waals surface area (Å²) in [7, 11) is 1.54. The minimum absolute atomic E-state index is 0.156. The number of methoxy groups -OCH3 is 1. The second kappa shape index (κ2) is 7.89. The maximum atomic E-state index is 9.45. The summed E-state index contributed by atoms with van der Waals surface area (Å²) in [6, 6.07) is 11.5. The zero-order valence-corrected chi connectivity index (χ0v) is 12.8. The highest BCUT2D eigenvalue weighted by molar-refractivity contribution is 5.91. The lowest BCUT2D eigenvalue weighted by atomic mass is 10.1. The van der Waals surface area contributed by atoms with Crippen LogP contribution in [0.15, 0.2) is 53.5 Å². The lowest BCUT2D eigenvalue weighted by molar-refractivity contribution is 0.403. The molecule has 0 bridgehead atoms. The highest BCUT2D eigenvalue weighted by Gasteiger charge is 1.99. The Hall–Kier alpha value is -2.95. The number of aliphatic imine (C=N–C) groups is 1. The standard InChI is InChI=1S/C18H19NO4/c1-23-18(9-5-14-4-8-16(21)17(22)12-14)19-11-10-13-2-6-15(20)7-3-13/h2-9,12,20-22H,10-11H2,1H3/b9-5+,19-18?. The van der Waals surface area contributed by atoms with Crippen LogP contribution in [-0.4, -0.2) is 34.9 Å². The molecule has 120 valence electrons. The first kappa shape index (κ1) is 16.4. The molecule has 0 spiro atoms. The molecule has 23 heavy (non-hydrogen) atoms. The summed E-state index contributed by atoms with van der Waals surface area (Å²) >= 11 is 0. The van der Waals surface area contributed by atoms with E-state index in [4.69, 9.17) is 4.74 Å². The lowest BCUT2D eigenvalue weighted by Crippen LogP contribution is -2.00. The molecule has 0 radical (unpaired) electrons. The molecule has 0 heterocycles. The first-order valence-corrected chi connectivity index (χ1v) is 7.15. The Morgan fingerprint density at radius 3 is 2.43 bits per heavy atom. The Kier molecular flexibility index (Phi) is 5.63. The molecule has 3 N–H and O–H groups in total. The van der Waals surface area contributed by atoms with Gasteiger partial charge in [-0.25, -0.2) is 0 Å². The van der Waals surface area contributed by atoms with Crippen molar-refractivity contribution in [1.29, 1.82) is 0 Å². The van der Waals surface area contributed by atoms with E-state index in [-0.39, 0.29) is 17.2 Å². The van der Waals surface area contributed by atoms with Gasteiger partial charge in [-0.2, -0.15) is 0 Å². The van der Waals surface area contributed by atoms with Gasteiger partial charge in [0.15, 0.2) is 11.5 Å². The highest BCUT2D eigenvalue weighted by Crippen LogP contribution is 2.25. The van der Waals surface area contributed by atoms with Crippen LogP contribution >= 0.6 is 0 Å². The van der Waals surface area contributed by atoms with Gasteiger partial charge in [-0.3, -0.25) is 4.99 Å². The maximum absolute atomic E-state index is 9.45. The van der Waals surface area contributed by atoms with Gasteiger partial charge in [-0.1, -0.05) is 18.2 Å². The number of phenols is 3. The summed E-state index contributed by atoms with van der Waals surface area (Å²) in [6.45, 7) is 0.555. The van der Waals surface area contributed by atoms with Crippen LogP contribution in [0.4, 0.5) is 0 Å². The quantitative estimate of drug-likeness (QED) is 0.450. The normalized spacial score (nSPS) is 11.8. The number of phenolic OH excluding ortho intramolecular Hbond substituents is 3. The molecule has 0 aliphatic carbocycles. The number of hydrogen-bond donors (Lipinski definition) is 3. The minimum atomic E-state index is -0.171. The summed E-state index contributed by atoms with van der Waals surface area (Å²) in [5.74, 6) is 0.387. The first-order valence-electron chi connectivity index (χ1n) is 7.15. The van der Waals surface area contributed by atoms with E-state index < -0.39 is 0 Å². The van der Waals surface area contributed by atoms with Crippen LogP contribution in [0.3, 0.4) is 0 Å². The van der Waals surface area contributed by atoms with Crippen LogP contribution in [0.25, 0.3) is 6.08 Å². The molecule has 0 aliphatic heterocycles. The van der Waals surface area contributed by atoms with Crippen molar-refractivity contribution >= 4 is 12.0 Å². The molecule has 5 heteroatoms. The van der Waals surface area contributed by atoms with E-state index in [0.717, 1.165) is 17.5 Å². The molecular formula is C18H19NO4. The summed E-state index contributed by atoms with van der Waals surface area (Å²) < 4.78 is 5.19. The summed E-state index contributed by atoms with van der Waals surface area (Å²) in [6.07, 6.45) is 4.17. The predicted octanol–water partition coefficient (Wildman–Crippen LogP) is 3.10. The zero-order chi connectivity index (χ0) is 16.7. The van der Waals surface area contributed by atoms with E-state index in [0.29, 0.717) is 12.4 Å². The molecule has 0 fully saturated rings. The Bertz CT molecular complexity index is 705. The molecule has 0 unspecified atom stereocenters. The smallest absolute Gasteiger partial charge is 0.208 e. The van der Waals surface area contributed by atoms with Gasteiger partial charge in [0, 0.05) is 12.6 Å². The summed E-state index contributed by atoms with van der Waals surface area (Å²) in [5, 5.41) is 28.0. The largest absolute Gasteiger partial charge is 0.508 e. The van der Waals surface area contributed by atoms with Gasteiger partial charge >= 0.3 is 0 Å². The van der Waals surface area contributed by atoms with E-state index in [2.05, 4.69) is 4.99 Å². The van der Waals surface area contributed by atoms with E-state index >= 15 is 0 Å². The molecule has 2 aromatic carbocycles. The van der Waals surface area contributed by atoms with E-state index in [1.807, 2.05) is 12.1 Å². The van der Waals surface area contributed by atoms with E-state index in [1.165, 1.54) is 19.2 Å². The van der Waals surface area contributed by atoms with Gasteiger partial charge in [-0.15, -0.1) is 0 Å². The van der Waals surface area contributed by atoms with Gasteiger partial charge in [-0.05, 0) is 47.9 Å². The Morgan fingerprint density at radius 1 is 1.04 bits per heavy atom. The van der Waals surface area contributed by atoms with Crippen molar-refractivity contribution < 1.29 is 20.1 Å². The molecule has 0 saturated carbocycles. The molecule has 0 atom stereocenters. The second-order valence-corrected chi connectivity index (χ2v) is 4.92. The van der Waals surface area contributed by atoms with Crippen LogP contribution < -0.4 is 0 Å². The molecule has 5 nitrogen and oxygen atoms in total. The second-order valence-electron chi connectivity index (χ2n) is 4.92. The van der Waals surface area contributed by atoms with E-state index in [9.17, 15) is 15.3 Å². The monoisotopic (exact) mass is 313 g/mol. The van der Waals surface area contributed by atoms with E-state index in [1.54, 1.807) is 30.4 Å². The van der Waals surface area contributed by atoms with Crippen molar-refractivity contribution in [2.45, 2.75) is 6.42 Å². The average Bonchev–Trinajstić information content (AvgIpc) is 2.55. The van der Waals surface area contributed by atoms with Gasteiger partial charge in [0.1, 0.15) is 5.75 Å². The van der Waals surface area contributed by atoms with Gasteiger partial charge in [0.05, 0.1) is 7.11 Å². The zero-order valence-electron chi connectivity index (χ0n) is 12.8. The number of aromatic hydroxyl groups is 3. The number of hydrogen-bond acceptors (Lipinski definition) is 5. The molecule has 0 saturated heterocycles. The van der Waals surface area contributed by atoms with Crippen LogP contribution in [-0.2, 0) is 11.2 Å². The average molecular weight is 313 g/mol. The minimum Gasteiger partial charge on any atom is -0.508 e. The predicted molar refractivity (Wildman–Crippen MR) is 89.9 cm³/mol. The van der Waals surface area contributed by atoms with Gasteiger partial charge in [0.25, 0.3) is 0 Å². The number of nitrogens with zero attached hydrogens (tertiary/aromatic N) is 1. The van der Waals surface area contributed by atoms with Crippen molar-refractivity contribution in [3.05, 3.63) is 59.7 Å². The molecule has 0 aliphatic rings. The summed E-state index contributed by atoms with van der Waals surface area (Å²) in [5.41, 5.74) is 1.80. The fraction of sp³-hybridized carbons (Fsp3) is 0.167. The molecule has 2 aromatic rings. The SMILES string of the molecule is COC(/C=C/c1ccc(O)c(O)c1)=NCCc1ccc(O)cc1. The van der Waals surface area contributed by atoms with Crippen LogP contribution in [0.1, 0.15) is 11.1 Å². The molecule has 0 aromatic heterocycles. The fourth-order valence-electron chi connectivity index (χ4n) is 1.95. The van der Waals surface area contributed by atoms with Crippen molar-refractivity contribution in [1.82, 2.24) is 0 Å². The Labute approximate surface area is 134 Å². The van der Waals surface area contributed by atoms with Crippen molar-refractivity contribution in [2.24, 2.45) is 4.99 Å². The van der Waals surface area contributed by atoms with Crippen LogP contribution in [0, 0.1) is 0 Å². The highest BCUT2D eigenvalue weighted by atomic mass is 16.5. The summed E-state index contributed by atoms with van der Waals surface area (Å²) in [4.78, 5) is 4.35. The number of ether oxygens (including phenoxy) is 1. The third kappa shape index (κ3) is 5.07. The van der Waals surface area contributed by atoms with Gasteiger partial charge < -0.3 is 20.1 Å². The van der Waals surface area contributed by atoms with Crippen molar-refractivity contribution in [3.63, 3.8) is 0 Å². The van der Waals surface area contributed by atoms with Gasteiger partial charge in [0.2, 0.25) is 5.90 Å². The molecular weight excluding hydrogens is 294 g/mol. The lowest BCUT2D eigenvalue weighted by Gasteiger charge is -2.02. The van der Waals surface area contributed by atoms with Crippen molar-refractivity contribution in [3.8, 4) is 17.2 Å². The molecule has 2 rings (SSSR count). The Morgan fingerprint density at radius 2 is 1.78 bits per heavy atom.